The molecular weight excluding hydrogens is 157 g/mol. The molecule has 1 N–H and O–H groups in total. The average Bonchev–Trinajstić information content (AvgIpc) is 1.99. The molecule has 0 aliphatic rings. The molecular formula is C5H6FNO4. The first kappa shape index (κ1) is 9.41. The lowest BCUT2D eigenvalue weighted by Crippen LogP contribution is -2.26. The van der Waals surface area contributed by atoms with Crippen LogP contribution in [0.3, 0.4) is 0 Å². The van der Waals surface area contributed by atoms with E-state index < -0.39 is 12.1 Å². The summed E-state index contributed by atoms with van der Waals surface area (Å²) in [4.78, 5) is 26.9. The second-order valence-corrected chi connectivity index (χ2v) is 1.64. The highest BCUT2D eigenvalue weighted by Crippen LogP contribution is 1.89. The Morgan fingerprint density at radius 2 is 2.09 bits per heavy atom. The van der Waals surface area contributed by atoms with Gasteiger partial charge in [0, 0.05) is 10.1 Å². The van der Waals surface area contributed by atoms with Crippen molar-refractivity contribution in [1.29, 1.82) is 0 Å². The molecule has 0 saturated heterocycles. The molecule has 0 radical (unpaired) electrons. The van der Waals surface area contributed by atoms with Gasteiger partial charge < -0.3 is 4.84 Å². The van der Waals surface area contributed by atoms with Crippen LogP contribution < -0.4 is 5.48 Å². The molecule has 0 saturated carbocycles. The minimum atomic E-state index is -1.50. The first-order chi connectivity index (χ1) is 5.07. The van der Waals surface area contributed by atoms with Crippen molar-refractivity contribution in [3.05, 3.63) is 12.2 Å². The lowest BCUT2D eigenvalue weighted by Gasteiger charge is -2.00. The summed E-state index contributed by atoms with van der Waals surface area (Å²) in [5, 5.41) is 0. The van der Waals surface area contributed by atoms with Gasteiger partial charge in [-0.1, -0.05) is 6.58 Å². The third-order valence-corrected chi connectivity index (χ3v) is 0.646. The van der Waals surface area contributed by atoms with Crippen molar-refractivity contribution in [3.63, 3.8) is 0 Å². The lowest BCUT2D eigenvalue weighted by molar-refractivity contribution is -0.148. The number of hydrogen-bond acceptors (Lipinski definition) is 4. The fourth-order valence-corrected chi connectivity index (χ4v) is 0.191. The van der Waals surface area contributed by atoms with Crippen LogP contribution in [0.15, 0.2) is 12.2 Å². The van der Waals surface area contributed by atoms with Crippen LogP contribution in [0.4, 0.5) is 9.32 Å². The van der Waals surface area contributed by atoms with E-state index in [9.17, 15) is 14.1 Å². The molecule has 0 atom stereocenters. The SMILES string of the molecule is C=C(C)C(=O)ONC(=O)OF. The molecule has 0 rings (SSSR count). The number of carbonyl (C=O) groups is 2. The van der Waals surface area contributed by atoms with Crippen molar-refractivity contribution in [1.82, 2.24) is 5.48 Å². The van der Waals surface area contributed by atoms with Crippen LogP contribution in [0.1, 0.15) is 6.92 Å². The standard InChI is InChI=1S/C5H6FNO4/c1-3(2)4(8)11-7-5(9)10-6/h1H2,2H3,(H,7,9). The van der Waals surface area contributed by atoms with Crippen LogP contribution in [0, 0.1) is 0 Å². The van der Waals surface area contributed by atoms with Gasteiger partial charge in [0.2, 0.25) is 0 Å². The summed E-state index contributed by atoms with van der Waals surface area (Å²) >= 11 is 0. The second kappa shape index (κ2) is 4.26. The van der Waals surface area contributed by atoms with E-state index in [0.29, 0.717) is 0 Å². The zero-order chi connectivity index (χ0) is 8.85. The maximum absolute atomic E-state index is 10.9. The Kier molecular flexibility index (Phi) is 3.65. The molecule has 0 bridgehead atoms. The summed E-state index contributed by atoms with van der Waals surface area (Å²) in [7, 11) is 0. The fraction of sp³-hybridized carbons (Fsp3) is 0.200. The number of rotatable bonds is 1. The molecule has 5 nitrogen and oxygen atoms in total. The van der Waals surface area contributed by atoms with Crippen molar-refractivity contribution in [3.8, 4) is 0 Å². The van der Waals surface area contributed by atoms with E-state index in [1.807, 2.05) is 0 Å². The molecule has 1 amide bonds. The maximum atomic E-state index is 10.9. The highest BCUT2D eigenvalue weighted by atomic mass is 19.3. The number of nitrogens with one attached hydrogen (secondary N) is 1. The van der Waals surface area contributed by atoms with Crippen molar-refractivity contribution in [2.75, 3.05) is 0 Å². The summed E-state index contributed by atoms with van der Waals surface area (Å²) < 4.78 is 10.9. The minimum absolute atomic E-state index is 0.0733. The number of hydrogen-bond donors (Lipinski definition) is 1. The van der Waals surface area contributed by atoms with E-state index in [1.54, 1.807) is 0 Å². The van der Waals surface area contributed by atoms with E-state index in [4.69, 9.17) is 0 Å². The van der Waals surface area contributed by atoms with Gasteiger partial charge in [-0.15, -0.1) is 5.48 Å². The molecule has 0 aromatic carbocycles. The van der Waals surface area contributed by atoms with Gasteiger partial charge in [0.15, 0.2) is 0 Å². The van der Waals surface area contributed by atoms with Gasteiger partial charge >= 0.3 is 12.1 Å². The molecule has 0 heterocycles. The van der Waals surface area contributed by atoms with Crippen molar-refractivity contribution >= 4 is 12.1 Å². The van der Waals surface area contributed by atoms with Gasteiger partial charge in [0.1, 0.15) is 0 Å². The molecule has 0 aliphatic carbocycles. The van der Waals surface area contributed by atoms with E-state index in [1.165, 1.54) is 12.4 Å². The lowest BCUT2D eigenvalue weighted by atomic mass is 10.4. The molecule has 6 heteroatoms. The molecule has 62 valence electrons. The Bertz CT molecular complexity index is 191. The zero-order valence-electron chi connectivity index (χ0n) is 5.72. The van der Waals surface area contributed by atoms with E-state index >= 15 is 0 Å². The third-order valence-electron chi connectivity index (χ3n) is 0.646. The molecule has 0 aromatic heterocycles. The Morgan fingerprint density at radius 1 is 1.55 bits per heavy atom. The topological polar surface area (TPSA) is 64.6 Å². The normalized spacial score (nSPS) is 8.18. The summed E-state index contributed by atoms with van der Waals surface area (Å²) in [5.74, 6) is -0.865. The highest BCUT2D eigenvalue weighted by Gasteiger charge is 2.07. The molecule has 0 aromatic rings. The number of halogens is 1. The van der Waals surface area contributed by atoms with Crippen LogP contribution in [0.5, 0.6) is 0 Å². The molecule has 0 spiro atoms. The number of hydroxylamine groups is 1. The van der Waals surface area contributed by atoms with Gasteiger partial charge in [-0.05, 0) is 6.92 Å². The second-order valence-electron chi connectivity index (χ2n) is 1.64. The van der Waals surface area contributed by atoms with E-state index in [-0.39, 0.29) is 5.57 Å². The summed E-state index contributed by atoms with van der Waals surface area (Å²) in [6.07, 6.45) is -1.50. The Balaban J connectivity index is 3.63. The van der Waals surface area contributed by atoms with Crippen LogP contribution >= 0.6 is 0 Å². The Hall–Kier alpha value is -1.59. The van der Waals surface area contributed by atoms with Gasteiger partial charge in [-0.3, -0.25) is 0 Å². The van der Waals surface area contributed by atoms with Gasteiger partial charge in [-0.2, -0.15) is 0 Å². The summed E-state index contributed by atoms with van der Waals surface area (Å²) in [6.45, 7) is 4.56. The Labute approximate surface area is 61.6 Å². The summed E-state index contributed by atoms with van der Waals surface area (Å²) in [6, 6.07) is 0. The first-order valence-corrected chi connectivity index (χ1v) is 2.53. The van der Waals surface area contributed by atoms with Gasteiger partial charge in [0.25, 0.3) is 0 Å². The largest absolute Gasteiger partial charge is 0.477 e. The predicted octanol–water partition coefficient (Wildman–Crippen LogP) is 0.631. The van der Waals surface area contributed by atoms with Crippen molar-refractivity contribution in [2.45, 2.75) is 6.92 Å². The van der Waals surface area contributed by atoms with Gasteiger partial charge in [0.05, 0.1) is 0 Å². The molecule has 11 heavy (non-hydrogen) atoms. The molecule has 0 fully saturated rings. The van der Waals surface area contributed by atoms with Crippen LogP contribution in [-0.4, -0.2) is 12.1 Å². The van der Waals surface area contributed by atoms with Crippen LogP contribution in [0.2, 0.25) is 0 Å². The van der Waals surface area contributed by atoms with Crippen molar-refractivity contribution < 1.29 is 23.9 Å². The van der Waals surface area contributed by atoms with Crippen LogP contribution in [-0.2, 0) is 14.6 Å². The molecule has 0 unspecified atom stereocenters. The first-order valence-electron chi connectivity index (χ1n) is 2.53. The Morgan fingerprint density at radius 3 is 2.45 bits per heavy atom. The highest BCUT2D eigenvalue weighted by molar-refractivity contribution is 5.87. The van der Waals surface area contributed by atoms with E-state index in [2.05, 4.69) is 16.4 Å². The summed E-state index contributed by atoms with van der Waals surface area (Å²) in [5.41, 5.74) is 1.44. The predicted molar refractivity (Wildman–Crippen MR) is 31.6 cm³/mol. The van der Waals surface area contributed by atoms with Crippen LogP contribution in [0.25, 0.3) is 0 Å². The number of amides is 1. The monoisotopic (exact) mass is 163 g/mol. The zero-order valence-corrected chi connectivity index (χ0v) is 5.72. The van der Waals surface area contributed by atoms with Crippen molar-refractivity contribution in [2.24, 2.45) is 0 Å². The minimum Gasteiger partial charge on any atom is -0.333 e. The quantitative estimate of drug-likeness (QED) is 0.454. The number of carbonyl (C=O) groups excluding carboxylic acids is 2. The average molecular weight is 163 g/mol. The maximum Gasteiger partial charge on any atom is 0.477 e. The van der Waals surface area contributed by atoms with Gasteiger partial charge in [-0.25, -0.2) is 14.5 Å². The molecule has 0 aliphatic heterocycles. The fourth-order valence-electron chi connectivity index (χ4n) is 0.191. The third kappa shape index (κ3) is 3.90. The van der Waals surface area contributed by atoms with E-state index in [0.717, 1.165) is 0 Å². The smallest absolute Gasteiger partial charge is 0.333 e.